The third kappa shape index (κ3) is 9.18. The molecular formula is C33H44FN7O4. The van der Waals surface area contributed by atoms with Crippen molar-refractivity contribution >= 4 is 29.8 Å². The molecule has 242 valence electrons. The summed E-state index contributed by atoms with van der Waals surface area (Å²) in [4.78, 5) is 58.5. The topological polar surface area (TPSA) is 134 Å². The van der Waals surface area contributed by atoms with Crippen LogP contribution in [0, 0.1) is 17.1 Å². The van der Waals surface area contributed by atoms with E-state index in [0.717, 1.165) is 52.1 Å². The lowest BCUT2D eigenvalue weighted by Gasteiger charge is -2.36. The minimum absolute atomic E-state index is 0.00479. The first-order valence-electron chi connectivity index (χ1n) is 15.5. The molecule has 2 aromatic carbocycles. The zero-order chi connectivity index (χ0) is 32.5. The first-order chi connectivity index (χ1) is 21.5. The van der Waals surface area contributed by atoms with Crippen molar-refractivity contribution in [1.82, 2.24) is 24.5 Å². The Balaban J connectivity index is 1.23. The second-order valence-corrected chi connectivity index (χ2v) is 12.1. The van der Waals surface area contributed by atoms with Crippen LogP contribution in [0.5, 0.6) is 0 Å². The van der Waals surface area contributed by atoms with E-state index in [1.165, 1.54) is 18.2 Å². The number of piperazine rings is 2. The fraction of sp³-hybridized carbons (Fsp3) is 0.485. The second kappa shape index (κ2) is 15.7. The number of rotatable bonds is 13. The molecule has 2 saturated heterocycles. The number of amides is 4. The summed E-state index contributed by atoms with van der Waals surface area (Å²) in [7, 11) is 1.94. The van der Waals surface area contributed by atoms with Gasteiger partial charge in [0.25, 0.3) is 5.91 Å². The third-order valence-electron chi connectivity index (χ3n) is 8.61. The highest BCUT2D eigenvalue weighted by Gasteiger charge is 2.27. The SMILES string of the molecule is CC(CCN(C)CC(=O)N1CCN(C(=O)c2cc(CC(=N)c3ccccc3C(N)=O)ccc2F)CC1)CN1CCN(C=O)CC1. The molecule has 2 heterocycles. The first-order valence-corrected chi connectivity index (χ1v) is 15.5. The van der Waals surface area contributed by atoms with Crippen LogP contribution in [-0.4, -0.2) is 133 Å². The number of carbonyl (C=O) groups is 4. The van der Waals surface area contributed by atoms with E-state index in [1.54, 1.807) is 39.0 Å². The Morgan fingerprint density at radius 2 is 1.60 bits per heavy atom. The number of likely N-dealkylation sites (N-methyl/N-ethyl adjacent to an activating group) is 1. The van der Waals surface area contributed by atoms with Crippen LogP contribution < -0.4 is 5.73 Å². The first kappa shape index (κ1) is 33.7. The number of carbonyl (C=O) groups excluding carboxylic acids is 4. The molecule has 1 atom stereocenters. The molecule has 11 nitrogen and oxygen atoms in total. The summed E-state index contributed by atoms with van der Waals surface area (Å²) < 4.78 is 14.8. The lowest BCUT2D eigenvalue weighted by Crippen LogP contribution is -2.52. The van der Waals surface area contributed by atoms with Gasteiger partial charge in [-0.3, -0.25) is 29.0 Å². The van der Waals surface area contributed by atoms with Crippen molar-refractivity contribution in [3.05, 3.63) is 70.5 Å². The van der Waals surface area contributed by atoms with E-state index in [9.17, 15) is 23.6 Å². The van der Waals surface area contributed by atoms with Crippen molar-refractivity contribution in [1.29, 1.82) is 5.41 Å². The maximum Gasteiger partial charge on any atom is 0.256 e. The van der Waals surface area contributed by atoms with Crippen molar-refractivity contribution in [2.45, 2.75) is 19.8 Å². The van der Waals surface area contributed by atoms with Crippen molar-refractivity contribution in [3.8, 4) is 0 Å². The highest BCUT2D eigenvalue weighted by molar-refractivity contribution is 6.09. The van der Waals surface area contributed by atoms with E-state index in [1.807, 2.05) is 11.9 Å². The third-order valence-corrected chi connectivity index (χ3v) is 8.61. The van der Waals surface area contributed by atoms with Crippen LogP contribution in [0.15, 0.2) is 42.5 Å². The zero-order valence-electron chi connectivity index (χ0n) is 26.2. The van der Waals surface area contributed by atoms with Gasteiger partial charge in [0.05, 0.1) is 12.1 Å². The van der Waals surface area contributed by atoms with Gasteiger partial charge in [0.1, 0.15) is 5.82 Å². The molecule has 3 N–H and O–H groups in total. The molecule has 2 fully saturated rings. The average Bonchev–Trinajstić information content (AvgIpc) is 3.04. The normalized spacial score (nSPS) is 16.5. The van der Waals surface area contributed by atoms with E-state index >= 15 is 0 Å². The van der Waals surface area contributed by atoms with Gasteiger partial charge >= 0.3 is 0 Å². The maximum absolute atomic E-state index is 14.8. The van der Waals surface area contributed by atoms with Crippen LogP contribution in [0.25, 0.3) is 0 Å². The van der Waals surface area contributed by atoms with E-state index < -0.39 is 17.6 Å². The molecule has 0 saturated carbocycles. The van der Waals surface area contributed by atoms with Crippen molar-refractivity contribution in [2.75, 3.05) is 79.0 Å². The van der Waals surface area contributed by atoms with Crippen LogP contribution in [0.2, 0.25) is 0 Å². The van der Waals surface area contributed by atoms with Gasteiger partial charge < -0.3 is 25.8 Å². The minimum Gasteiger partial charge on any atom is -0.366 e. The molecule has 0 bridgehead atoms. The summed E-state index contributed by atoms with van der Waals surface area (Å²) in [5.74, 6) is -1.27. The molecule has 1 unspecified atom stereocenters. The number of nitrogens with one attached hydrogen (secondary N) is 1. The summed E-state index contributed by atoms with van der Waals surface area (Å²) in [6.45, 7) is 8.93. The van der Waals surface area contributed by atoms with Crippen LogP contribution in [0.3, 0.4) is 0 Å². The second-order valence-electron chi connectivity index (χ2n) is 12.1. The van der Waals surface area contributed by atoms with E-state index in [2.05, 4.69) is 11.8 Å². The standard InChI is InChI=1S/C33H44FN7O4/c1-24(21-38-11-13-39(23-42)14-12-38)9-10-37(2)22-31(43)40-15-17-41(18-16-40)33(45)28-19-25(7-8-29(28)34)20-30(35)26-5-3-4-6-27(26)32(36)44/h3-8,19,23-24,35H,9-18,20-22H2,1-2H3,(H2,36,44). The number of nitrogens with two attached hydrogens (primary N) is 1. The summed E-state index contributed by atoms with van der Waals surface area (Å²) >= 11 is 0. The molecule has 2 aliphatic rings. The molecule has 0 spiro atoms. The predicted octanol–water partition coefficient (Wildman–Crippen LogP) is 1.55. The van der Waals surface area contributed by atoms with Gasteiger partial charge in [0.15, 0.2) is 0 Å². The molecule has 4 rings (SSSR count). The van der Waals surface area contributed by atoms with Gasteiger partial charge in [-0.1, -0.05) is 31.2 Å². The molecule has 12 heteroatoms. The minimum atomic E-state index is -0.648. The molecule has 4 amide bonds. The van der Waals surface area contributed by atoms with Gasteiger partial charge in [-0.05, 0) is 49.7 Å². The van der Waals surface area contributed by atoms with Crippen molar-refractivity contribution in [2.24, 2.45) is 11.7 Å². The van der Waals surface area contributed by atoms with Crippen LogP contribution in [0.1, 0.15) is 45.2 Å². The summed E-state index contributed by atoms with van der Waals surface area (Å²) in [6.07, 6.45) is 1.97. The average molecular weight is 622 g/mol. The van der Waals surface area contributed by atoms with Gasteiger partial charge in [-0.15, -0.1) is 0 Å². The van der Waals surface area contributed by atoms with E-state index in [-0.39, 0.29) is 29.2 Å². The Hall–Kier alpha value is -4.16. The lowest BCUT2D eigenvalue weighted by atomic mass is 9.96. The Kier molecular flexibility index (Phi) is 11.8. The predicted molar refractivity (Wildman–Crippen MR) is 170 cm³/mol. The summed E-state index contributed by atoms with van der Waals surface area (Å²) in [5.41, 5.74) is 6.70. The largest absolute Gasteiger partial charge is 0.366 e. The van der Waals surface area contributed by atoms with E-state index in [0.29, 0.717) is 49.8 Å². The maximum atomic E-state index is 14.8. The quantitative estimate of drug-likeness (QED) is 0.258. The number of benzene rings is 2. The monoisotopic (exact) mass is 621 g/mol. The molecule has 2 aromatic rings. The molecule has 0 radical (unpaired) electrons. The fourth-order valence-corrected chi connectivity index (χ4v) is 5.87. The van der Waals surface area contributed by atoms with Crippen molar-refractivity contribution < 1.29 is 23.6 Å². The van der Waals surface area contributed by atoms with Crippen LogP contribution in [-0.2, 0) is 16.0 Å². The molecule has 45 heavy (non-hydrogen) atoms. The number of hydrogen-bond acceptors (Lipinski definition) is 7. The van der Waals surface area contributed by atoms with Gasteiger partial charge in [0, 0.05) is 82.2 Å². The Morgan fingerprint density at radius 1 is 0.956 bits per heavy atom. The lowest BCUT2D eigenvalue weighted by molar-refractivity contribution is -0.133. The van der Waals surface area contributed by atoms with Gasteiger partial charge in [-0.25, -0.2) is 4.39 Å². The smallest absolute Gasteiger partial charge is 0.256 e. The zero-order valence-corrected chi connectivity index (χ0v) is 26.2. The molecule has 2 aliphatic heterocycles. The molecule has 0 aromatic heterocycles. The highest BCUT2D eigenvalue weighted by atomic mass is 19.1. The van der Waals surface area contributed by atoms with E-state index in [4.69, 9.17) is 11.1 Å². The summed E-state index contributed by atoms with van der Waals surface area (Å²) in [5, 5.41) is 8.50. The fourth-order valence-electron chi connectivity index (χ4n) is 5.87. The number of nitrogens with zero attached hydrogens (tertiary/aromatic N) is 5. The molecule has 0 aliphatic carbocycles. The molecular weight excluding hydrogens is 577 g/mol. The van der Waals surface area contributed by atoms with Crippen LogP contribution in [0.4, 0.5) is 4.39 Å². The van der Waals surface area contributed by atoms with Crippen LogP contribution >= 0.6 is 0 Å². The number of halogens is 1. The Labute approximate surface area is 264 Å². The number of hydrogen-bond donors (Lipinski definition) is 2. The van der Waals surface area contributed by atoms with Gasteiger partial charge in [-0.2, -0.15) is 0 Å². The number of primary amides is 1. The van der Waals surface area contributed by atoms with Crippen molar-refractivity contribution in [3.63, 3.8) is 0 Å². The highest BCUT2D eigenvalue weighted by Crippen LogP contribution is 2.18. The Bertz CT molecular complexity index is 1390. The summed E-state index contributed by atoms with van der Waals surface area (Å²) in [6, 6.07) is 10.8. The van der Waals surface area contributed by atoms with Gasteiger partial charge in [0.2, 0.25) is 18.2 Å². The Morgan fingerprint density at radius 3 is 2.24 bits per heavy atom.